The van der Waals surface area contributed by atoms with Crippen LogP contribution in [0.5, 0.6) is 0 Å². The van der Waals surface area contributed by atoms with E-state index in [-0.39, 0.29) is 0 Å². The summed E-state index contributed by atoms with van der Waals surface area (Å²) in [5.74, 6) is 0.906. The van der Waals surface area contributed by atoms with E-state index in [4.69, 9.17) is 4.42 Å². The number of furan rings is 1. The van der Waals surface area contributed by atoms with Gasteiger partial charge in [0.2, 0.25) is 5.76 Å². The molecular weight excluding hydrogens is 312 g/mol. The van der Waals surface area contributed by atoms with Crippen molar-refractivity contribution in [3.8, 4) is 11.1 Å². The highest BCUT2D eigenvalue weighted by Crippen LogP contribution is 2.36. The minimum atomic E-state index is 0.906. The normalized spacial score (nSPS) is 12.4. The zero-order valence-electron chi connectivity index (χ0n) is 10.6. The summed E-state index contributed by atoms with van der Waals surface area (Å²) in [4.78, 5) is 0. The maximum absolute atomic E-state index is 6.04. The van der Waals surface area contributed by atoms with Crippen LogP contribution in [-0.2, 0) is 0 Å². The van der Waals surface area contributed by atoms with Gasteiger partial charge in [-0.1, -0.05) is 40.2 Å². The Labute approximate surface area is 125 Å². The Bertz CT molecular complexity index is 851. The first kappa shape index (κ1) is 11.7. The fourth-order valence-corrected chi connectivity index (χ4v) is 2.81. The van der Waals surface area contributed by atoms with Crippen LogP contribution in [0.15, 0.2) is 57.4 Å². The molecule has 0 atom stereocenters. The standard InChI is InChI=1S/C18H10BrO/c19-13-10-8-12(9-11-13)14-5-3-6-16-15-4-1-2-7-17(15)20-18(14)16/h2-11H/q+1. The van der Waals surface area contributed by atoms with Crippen molar-refractivity contribution in [1.29, 1.82) is 0 Å². The highest BCUT2D eigenvalue weighted by Gasteiger charge is 2.21. The molecule has 1 aliphatic carbocycles. The summed E-state index contributed by atoms with van der Waals surface area (Å²) in [6, 6.07) is 14.5. The Kier molecular flexibility index (Phi) is 2.59. The summed E-state index contributed by atoms with van der Waals surface area (Å²) in [5, 5.41) is 1.14. The quantitative estimate of drug-likeness (QED) is 0.523. The van der Waals surface area contributed by atoms with Gasteiger partial charge in [0, 0.05) is 16.1 Å². The van der Waals surface area contributed by atoms with Gasteiger partial charge < -0.3 is 4.42 Å². The fraction of sp³-hybridized carbons (Fsp3) is 0. The second kappa shape index (κ2) is 4.45. The van der Waals surface area contributed by atoms with Gasteiger partial charge in [-0.25, -0.2) is 0 Å². The number of hydrogen-bond acceptors (Lipinski definition) is 1. The summed E-state index contributed by atoms with van der Waals surface area (Å²) in [5.41, 5.74) is 4.32. The predicted molar refractivity (Wildman–Crippen MR) is 86.1 cm³/mol. The molecule has 0 bridgehead atoms. The van der Waals surface area contributed by atoms with Gasteiger partial charge in [0.25, 0.3) is 0 Å². The molecule has 0 spiro atoms. The molecule has 1 heterocycles. The Morgan fingerprint density at radius 2 is 1.85 bits per heavy atom. The molecule has 0 aliphatic heterocycles. The lowest BCUT2D eigenvalue weighted by Crippen LogP contribution is -1.79. The van der Waals surface area contributed by atoms with Crippen molar-refractivity contribution in [3.05, 3.63) is 70.4 Å². The first-order valence-electron chi connectivity index (χ1n) is 6.40. The Balaban J connectivity index is 2.01. The van der Waals surface area contributed by atoms with E-state index in [2.05, 4.69) is 52.3 Å². The maximum atomic E-state index is 6.04. The third-order valence-corrected chi connectivity index (χ3v) is 4.03. The molecule has 0 amide bonds. The highest BCUT2D eigenvalue weighted by molar-refractivity contribution is 9.10. The molecule has 0 radical (unpaired) electrons. The van der Waals surface area contributed by atoms with E-state index >= 15 is 0 Å². The number of halogens is 1. The number of fused-ring (bicyclic) bond motifs is 3. The number of rotatable bonds is 1. The predicted octanol–water partition coefficient (Wildman–Crippen LogP) is 5.71. The molecule has 0 unspecified atom stereocenters. The molecule has 0 fully saturated rings. The minimum absolute atomic E-state index is 0.906. The second-order valence-electron chi connectivity index (χ2n) is 4.71. The summed E-state index contributed by atoms with van der Waals surface area (Å²) < 4.78 is 7.11. The van der Waals surface area contributed by atoms with E-state index in [9.17, 15) is 0 Å². The summed E-state index contributed by atoms with van der Waals surface area (Å²) in [6.45, 7) is 0. The van der Waals surface area contributed by atoms with E-state index in [0.717, 1.165) is 37.9 Å². The third-order valence-electron chi connectivity index (χ3n) is 3.50. The van der Waals surface area contributed by atoms with Gasteiger partial charge in [-0.05, 0) is 23.8 Å². The van der Waals surface area contributed by atoms with Gasteiger partial charge >= 0.3 is 0 Å². The van der Waals surface area contributed by atoms with Crippen molar-refractivity contribution in [2.75, 3.05) is 0 Å². The van der Waals surface area contributed by atoms with E-state index in [1.54, 1.807) is 0 Å². The van der Waals surface area contributed by atoms with Crippen molar-refractivity contribution >= 4 is 39.1 Å². The molecule has 20 heavy (non-hydrogen) atoms. The van der Waals surface area contributed by atoms with Crippen LogP contribution in [0.4, 0.5) is 0 Å². The molecule has 0 N–H and O–H groups in total. The lowest BCUT2D eigenvalue weighted by atomic mass is 10.0. The van der Waals surface area contributed by atoms with Crippen LogP contribution in [0.3, 0.4) is 0 Å². The van der Waals surface area contributed by atoms with Crippen LogP contribution in [0.2, 0.25) is 0 Å². The first-order valence-corrected chi connectivity index (χ1v) is 7.19. The van der Waals surface area contributed by atoms with Gasteiger partial charge in [0.15, 0.2) is 5.58 Å². The van der Waals surface area contributed by atoms with Crippen LogP contribution in [0, 0.1) is 6.08 Å². The monoisotopic (exact) mass is 321 g/mol. The molecule has 1 nitrogen and oxygen atoms in total. The fourth-order valence-electron chi connectivity index (χ4n) is 2.54. The topological polar surface area (TPSA) is 13.1 Å². The molecule has 1 aliphatic rings. The zero-order chi connectivity index (χ0) is 13.5. The SMILES string of the molecule is Brc1ccc(-c2cccc3c4c(oc23)C=C[C+]=C4)cc1. The molecule has 2 aromatic carbocycles. The largest absolute Gasteiger partial charge is 0.430 e. The molecule has 4 rings (SSSR count). The summed E-state index contributed by atoms with van der Waals surface area (Å²) in [6.07, 6.45) is 8.93. The lowest BCUT2D eigenvalue weighted by Gasteiger charge is -2.02. The summed E-state index contributed by atoms with van der Waals surface area (Å²) in [7, 11) is 0. The molecule has 1 aromatic heterocycles. The van der Waals surface area contributed by atoms with Gasteiger partial charge in [-0.2, -0.15) is 0 Å². The van der Waals surface area contributed by atoms with Gasteiger partial charge in [-0.3, -0.25) is 0 Å². The molecule has 2 heteroatoms. The van der Waals surface area contributed by atoms with Crippen molar-refractivity contribution in [2.24, 2.45) is 0 Å². The third kappa shape index (κ3) is 1.74. The van der Waals surface area contributed by atoms with Crippen LogP contribution >= 0.6 is 15.9 Å². The van der Waals surface area contributed by atoms with Crippen molar-refractivity contribution in [1.82, 2.24) is 0 Å². The van der Waals surface area contributed by atoms with Gasteiger partial charge in [0.05, 0.1) is 11.5 Å². The van der Waals surface area contributed by atoms with Crippen LogP contribution in [0.25, 0.3) is 34.2 Å². The number of hydrogen-bond donors (Lipinski definition) is 0. The van der Waals surface area contributed by atoms with Crippen molar-refractivity contribution < 1.29 is 4.42 Å². The number of para-hydroxylation sites is 1. The minimum Gasteiger partial charge on any atom is -0.430 e. The maximum Gasteiger partial charge on any atom is 0.247 e. The molecule has 3 aromatic rings. The summed E-state index contributed by atoms with van der Waals surface area (Å²) >= 11 is 3.47. The molecule has 0 saturated heterocycles. The Morgan fingerprint density at radius 1 is 1.00 bits per heavy atom. The molecule has 94 valence electrons. The first-order chi connectivity index (χ1) is 9.83. The average Bonchev–Trinajstić information content (AvgIpc) is 2.87. The molecular formula is C18H10BrO+. The lowest BCUT2D eigenvalue weighted by molar-refractivity contribution is 0.604. The Morgan fingerprint density at radius 3 is 2.70 bits per heavy atom. The number of allylic oxidation sites excluding steroid dienone is 2. The second-order valence-corrected chi connectivity index (χ2v) is 5.63. The van der Waals surface area contributed by atoms with Crippen molar-refractivity contribution in [3.63, 3.8) is 0 Å². The van der Waals surface area contributed by atoms with Crippen LogP contribution in [0.1, 0.15) is 11.3 Å². The van der Waals surface area contributed by atoms with E-state index < -0.39 is 0 Å². The van der Waals surface area contributed by atoms with Crippen LogP contribution < -0.4 is 0 Å². The van der Waals surface area contributed by atoms with E-state index in [0.29, 0.717) is 0 Å². The van der Waals surface area contributed by atoms with Gasteiger partial charge in [0.1, 0.15) is 17.7 Å². The van der Waals surface area contributed by atoms with Gasteiger partial charge in [-0.15, -0.1) is 0 Å². The molecule has 0 saturated carbocycles. The van der Waals surface area contributed by atoms with Crippen LogP contribution in [-0.4, -0.2) is 0 Å². The Hall–Kier alpha value is -2.15. The van der Waals surface area contributed by atoms with E-state index in [1.807, 2.05) is 30.4 Å². The van der Waals surface area contributed by atoms with E-state index in [1.165, 1.54) is 0 Å². The highest BCUT2D eigenvalue weighted by atomic mass is 79.9. The smallest absolute Gasteiger partial charge is 0.247 e. The average molecular weight is 322 g/mol. The zero-order valence-corrected chi connectivity index (χ0v) is 12.1. The van der Waals surface area contributed by atoms with Crippen molar-refractivity contribution in [2.45, 2.75) is 0 Å². The number of benzene rings is 2.